The number of rotatable bonds is 3. The van der Waals surface area contributed by atoms with E-state index in [-0.39, 0.29) is 57.1 Å². The van der Waals surface area contributed by atoms with E-state index in [0.717, 1.165) is 0 Å². The van der Waals surface area contributed by atoms with Gasteiger partial charge in [0.1, 0.15) is 0 Å². The van der Waals surface area contributed by atoms with Crippen LogP contribution in [0.15, 0.2) is 39.9 Å². The molecule has 0 aliphatic heterocycles. The van der Waals surface area contributed by atoms with Crippen LogP contribution in [0.4, 0.5) is 0 Å². The van der Waals surface area contributed by atoms with Gasteiger partial charge in [0.05, 0.1) is 5.69 Å². The second-order valence-electron chi connectivity index (χ2n) is 3.76. The number of carbonyl (C=O) groups is 2. The zero-order valence-electron chi connectivity index (χ0n) is 9.86. The Morgan fingerprint density at radius 2 is 1.57 bits per heavy atom. The van der Waals surface area contributed by atoms with E-state index in [1.807, 2.05) is 0 Å². The molecule has 3 N–H and O–H groups in total. The molecular formula is C12H9KN2O6. The van der Waals surface area contributed by atoms with Crippen molar-refractivity contribution in [3.05, 3.63) is 62.4 Å². The van der Waals surface area contributed by atoms with Crippen molar-refractivity contribution in [1.82, 2.24) is 9.55 Å². The van der Waals surface area contributed by atoms with Crippen molar-refractivity contribution in [1.29, 1.82) is 0 Å². The van der Waals surface area contributed by atoms with Gasteiger partial charge in [-0.2, -0.15) is 0 Å². The number of nitrogens with zero attached hydrogens (tertiary/aromatic N) is 1. The zero-order chi connectivity index (χ0) is 14.9. The van der Waals surface area contributed by atoms with Crippen molar-refractivity contribution in [3.63, 3.8) is 0 Å². The van der Waals surface area contributed by atoms with E-state index in [1.165, 1.54) is 12.1 Å². The molecule has 8 nitrogen and oxygen atoms in total. The van der Waals surface area contributed by atoms with Crippen LogP contribution in [0, 0.1) is 0 Å². The maximum atomic E-state index is 11.8. The van der Waals surface area contributed by atoms with Crippen LogP contribution in [0.5, 0.6) is 0 Å². The van der Waals surface area contributed by atoms with E-state index >= 15 is 0 Å². The molecule has 104 valence electrons. The molecule has 0 bridgehead atoms. The first-order chi connectivity index (χ1) is 9.43. The number of carboxylic acid groups (broad SMARTS) is 2. The molecule has 2 rings (SSSR count). The van der Waals surface area contributed by atoms with Crippen LogP contribution >= 0.6 is 0 Å². The summed E-state index contributed by atoms with van der Waals surface area (Å²) in [6.07, 6.45) is 0. The summed E-state index contributed by atoms with van der Waals surface area (Å²) in [4.78, 5) is 47.4. The fraction of sp³-hybridized carbons (Fsp3) is 0. The van der Waals surface area contributed by atoms with Crippen molar-refractivity contribution in [2.45, 2.75) is 0 Å². The number of aromatic carboxylic acids is 2. The van der Waals surface area contributed by atoms with Gasteiger partial charge >= 0.3 is 69.0 Å². The van der Waals surface area contributed by atoms with Gasteiger partial charge in [0.25, 0.3) is 5.56 Å². The van der Waals surface area contributed by atoms with Gasteiger partial charge in [-0.3, -0.25) is 14.3 Å². The third-order valence-electron chi connectivity index (χ3n) is 2.54. The SMILES string of the molecule is O=C(O)c1c(C(=O)O)n(-c2ccccc2)c(=O)[nH]c1=O.[KH]. The number of aromatic nitrogens is 2. The van der Waals surface area contributed by atoms with Gasteiger partial charge in [-0.25, -0.2) is 14.4 Å². The van der Waals surface area contributed by atoms with Crippen molar-refractivity contribution in [2.75, 3.05) is 0 Å². The van der Waals surface area contributed by atoms with Crippen molar-refractivity contribution >= 4 is 63.3 Å². The number of hydrogen-bond acceptors (Lipinski definition) is 4. The van der Waals surface area contributed by atoms with E-state index in [4.69, 9.17) is 10.2 Å². The van der Waals surface area contributed by atoms with Crippen molar-refractivity contribution in [2.24, 2.45) is 0 Å². The van der Waals surface area contributed by atoms with E-state index in [0.29, 0.717) is 4.57 Å². The standard InChI is InChI=1S/C12H8N2O6.K.H/c15-9-7(10(16)17)8(11(18)19)14(12(20)13-9)6-4-2-1-3-5-6;;/h1-5H,(H,16,17)(H,18,19)(H,13,15,20);;. The fourth-order valence-corrected chi connectivity index (χ4v) is 1.76. The van der Waals surface area contributed by atoms with Crippen LogP contribution in [-0.2, 0) is 0 Å². The van der Waals surface area contributed by atoms with E-state index < -0.39 is 34.4 Å². The summed E-state index contributed by atoms with van der Waals surface area (Å²) in [5.41, 5.74) is -4.04. The number of nitrogens with one attached hydrogen (secondary N) is 1. The Labute approximate surface area is 159 Å². The molecule has 0 spiro atoms. The molecular weight excluding hydrogens is 307 g/mol. The summed E-state index contributed by atoms with van der Waals surface area (Å²) in [5, 5.41) is 18.1. The van der Waals surface area contributed by atoms with Gasteiger partial charge in [0.2, 0.25) is 0 Å². The van der Waals surface area contributed by atoms with Gasteiger partial charge in [0.15, 0.2) is 11.3 Å². The molecule has 0 amide bonds. The van der Waals surface area contributed by atoms with Gasteiger partial charge in [0, 0.05) is 0 Å². The Morgan fingerprint density at radius 3 is 2.05 bits per heavy atom. The molecule has 0 aliphatic carbocycles. The van der Waals surface area contributed by atoms with Crippen LogP contribution in [0.2, 0.25) is 0 Å². The molecule has 1 heterocycles. The average molecular weight is 316 g/mol. The number of carboxylic acids is 2. The first-order valence-electron chi connectivity index (χ1n) is 5.35. The topological polar surface area (TPSA) is 129 Å². The minimum atomic E-state index is -1.73. The van der Waals surface area contributed by atoms with Crippen LogP contribution in [0.25, 0.3) is 5.69 Å². The summed E-state index contributed by atoms with van der Waals surface area (Å²) >= 11 is 0. The Kier molecular flexibility index (Phi) is 5.81. The third-order valence-corrected chi connectivity index (χ3v) is 2.54. The van der Waals surface area contributed by atoms with Gasteiger partial charge < -0.3 is 10.2 Å². The number of hydrogen-bond donors (Lipinski definition) is 3. The van der Waals surface area contributed by atoms with Crippen LogP contribution in [-0.4, -0.2) is 83.1 Å². The number of para-hydroxylation sites is 1. The van der Waals surface area contributed by atoms with Crippen molar-refractivity contribution in [3.8, 4) is 5.69 Å². The second-order valence-corrected chi connectivity index (χ2v) is 3.76. The summed E-state index contributed by atoms with van der Waals surface area (Å²) in [7, 11) is 0. The van der Waals surface area contributed by atoms with Crippen LogP contribution in [0.1, 0.15) is 20.8 Å². The molecule has 0 atom stereocenters. The van der Waals surface area contributed by atoms with E-state index in [1.54, 1.807) is 23.2 Å². The molecule has 1 aromatic carbocycles. The fourth-order valence-electron chi connectivity index (χ4n) is 1.76. The first-order valence-corrected chi connectivity index (χ1v) is 5.35. The Morgan fingerprint density at radius 1 is 1.00 bits per heavy atom. The molecule has 0 radical (unpaired) electrons. The van der Waals surface area contributed by atoms with Gasteiger partial charge in [-0.1, -0.05) is 18.2 Å². The molecule has 0 saturated carbocycles. The zero-order valence-corrected chi connectivity index (χ0v) is 9.86. The first kappa shape index (κ1) is 17.5. The van der Waals surface area contributed by atoms with Crippen molar-refractivity contribution < 1.29 is 19.8 Å². The molecule has 0 fully saturated rings. The summed E-state index contributed by atoms with van der Waals surface area (Å²) in [6.45, 7) is 0. The molecule has 1 aromatic heterocycles. The predicted octanol–water partition coefficient (Wildman–Crippen LogP) is -0.726. The summed E-state index contributed by atoms with van der Waals surface area (Å²) in [5.74, 6) is -3.41. The van der Waals surface area contributed by atoms with E-state index in [9.17, 15) is 19.2 Å². The molecule has 0 unspecified atom stereocenters. The van der Waals surface area contributed by atoms with Gasteiger partial charge in [-0.15, -0.1) is 0 Å². The normalized spacial score (nSPS) is 9.71. The Bertz CT molecular complexity index is 809. The van der Waals surface area contributed by atoms with E-state index in [2.05, 4.69) is 0 Å². The molecule has 0 saturated heterocycles. The molecule has 9 heteroatoms. The van der Waals surface area contributed by atoms with Crippen LogP contribution in [0.3, 0.4) is 0 Å². The average Bonchev–Trinajstić information content (AvgIpc) is 2.38. The molecule has 21 heavy (non-hydrogen) atoms. The minimum absolute atomic E-state index is 0. The number of H-pyrrole nitrogens is 1. The maximum absolute atomic E-state index is 11.8. The quantitative estimate of drug-likeness (QED) is 0.640. The van der Waals surface area contributed by atoms with Gasteiger partial charge in [-0.05, 0) is 12.1 Å². The second kappa shape index (κ2) is 6.96. The number of aromatic amines is 1. The Hall–Kier alpha value is -1.52. The predicted molar refractivity (Wildman–Crippen MR) is 73.7 cm³/mol. The van der Waals surface area contributed by atoms with Crippen LogP contribution < -0.4 is 11.2 Å². The Balaban J connectivity index is 0.00000220. The monoisotopic (exact) mass is 316 g/mol. The summed E-state index contributed by atoms with van der Waals surface area (Å²) in [6, 6.07) is 7.55. The third kappa shape index (κ3) is 3.39. The number of benzene rings is 1. The molecule has 0 aliphatic rings. The summed E-state index contributed by atoms with van der Waals surface area (Å²) < 4.78 is 0.632. The molecule has 2 aromatic rings.